The third kappa shape index (κ3) is 2.56. The first-order valence-electron chi connectivity index (χ1n) is 7.82. The van der Waals surface area contributed by atoms with Crippen molar-refractivity contribution in [2.24, 2.45) is 0 Å². The third-order valence-electron chi connectivity index (χ3n) is 4.48. The molecule has 2 aliphatic rings. The number of nitrogens with zero attached hydrogens (tertiary/aromatic N) is 2. The minimum atomic E-state index is -0.715. The number of hydrogen-bond acceptors (Lipinski definition) is 5. The van der Waals surface area contributed by atoms with E-state index < -0.39 is 22.5 Å². The van der Waals surface area contributed by atoms with E-state index in [1.54, 1.807) is 29.2 Å². The monoisotopic (exact) mass is 359 g/mol. The molecule has 0 radical (unpaired) electrons. The Morgan fingerprint density at radius 1 is 1.28 bits per heavy atom. The Balaban J connectivity index is 1.87. The number of carbonyl (C=O) groups excluding carboxylic acids is 1. The van der Waals surface area contributed by atoms with Crippen LogP contribution in [0, 0.1) is 10.1 Å². The fourth-order valence-electron chi connectivity index (χ4n) is 3.18. The van der Waals surface area contributed by atoms with Gasteiger partial charge in [0.05, 0.1) is 10.5 Å². The standard InChI is InChI=1S/C17H14ClN3O4/c18-9-7-12(15(22)14(8-9)21(24)25)16-19-13-4-2-1-3-11(13)17(23)20(16)10-5-6-10/h1-4,7-8,10,16,19,22H,5-6H2/t16-/m0/s1. The number of benzene rings is 2. The Labute approximate surface area is 148 Å². The van der Waals surface area contributed by atoms with Crippen LogP contribution < -0.4 is 5.32 Å². The number of aromatic hydroxyl groups is 1. The number of phenols is 1. The lowest BCUT2D eigenvalue weighted by Crippen LogP contribution is -2.44. The molecule has 1 amide bonds. The number of rotatable bonds is 3. The van der Waals surface area contributed by atoms with Crippen LogP contribution in [0.25, 0.3) is 0 Å². The highest BCUT2D eigenvalue weighted by atomic mass is 35.5. The van der Waals surface area contributed by atoms with Crippen molar-refractivity contribution in [1.29, 1.82) is 0 Å². The molecule has 0 bridgehead atoms. The van der Waals surface area contributed by atoms with Gasteiger partial charge in [-0.25, -0.2) is 0 Å². The van der Waals surface area contributed by atoms with Crippen LogP contribution in [0.5, 0.6) is 5.75 Å². The summed E-state index contributed by atoms with van der Waals surface area (Å²) in [6.45, 7) is 0. The third-order valence-corrected chi connectivity index (χ3v) is 4.70. The van der Waals surface area contributed by atoms with Crippen LogP contribution in [0.3, 0.4) is 0 Å². The average molecular weight is 360 g/mol. The van der Waals surface area contributed by atoms with Crippen molar-refractivity contribution < 1.29 is 14.8 Å². The van der Waals surface area contributed by atoms with Crippen molar-refractivity contribution in [2.45, 2.75) is 25.0 Å². The van der Waals surface area contributed by atoms with E-state index in [-0.39, 0.29) is 22.5 Å². The lowest BCUT2D eigenvalue weighted by atomic mass is 10.0. The Kier molecular flexibility index (Phi) is 3.54. The summed E-state index contributed by atoms with van der Waals surface area (Å²) < 4.78 is 0. The molecule has 1 fully saturated rings. The van der Waals surface area contributed by atoms with Crippen molar-refractivity contribution in [2.75, 3.05) is 5.32 Å². The van der Waals surface area contributed by atoms with Crippen LogP contribution in [0.1, 0.15) is 34.9 Å². The molecule has 2 aromatic carbocycles. The van der Waals surface area contributed by atoms with Gasteiger partial charge in [-0.3, -0.25) is 14.9 Å². The number of para-hydroxylation sites is 1. The smallest absolute Gasteiger partial charge is 0.312 e. The molecule has 25 heavy (non-hydrogen) atoms. The Morgan fingerprint density at radius 2 is 2.00 bits per heavy atom. The maximum absolute atomic E-state index is 12.9. The largest absolute Gasteiger partial charge is 0.502 e. The van der Waals surface area contributed by atoms with Crippen molar-refractivity contribution in [1.82, 2.24) is 4.90 Å². The summed E-state index contributed by atoms with van der Waals surface area (Å²) in [6, 6.07) is 9.67. The van der Waals surface area contributed by atoms with Crippen molar-refractivity contribution in [3.8, 4) is 5.75 Å². The zero-order valence-electron chi connectivity index (χ0n) is 13.0. The SMILES string of the molecule is O=C1c2ccccc2N[C@H](c2cc(Cl)cc([N+](=O)[O-])c2O)N1C1CC1. The van der Waals surface area contributed by atoms with Gasteiger partial charge in [0.25, 0.3) is 5.91 Å². The first-order chi connectivity index (χ1) is 12.0. The van der Waals surface area contributed by atoms with E-state index in [1.165, 1.54) is 6.07 Å². The zero-order chi connectivity index (χ0) is 17.7. The highest BCUT2D eigenvalue weighted by molar-refractivity contribution is 6.31. The first-order valence-corrected chi connectivity index (χ1v) is 8.20. The van der Waals surface area contributed by atoms with Crippen LogP contribution in [0.4, 0.5) is 11.4 Å². The van der Waals surface area contributed by atoms with Crippen LogP contribution in [0.2, 0.25) is 5.02 Å². The van der Waals surface area contributed by atoms with Gasteiger partial charge in [-0.05, 0) is 31.0 Å². The predicted octanol–water partition coefficient (Wildman–Crippen LogP) is 3.68. The number of carbonyl (C=O) groups is 1. The number of amides is 1. The quantitative estimate of drug-likeness (QED) is 0.643. The molecule has 0 spiro atoms. The molecule has 128 valence electrons. The van der Waals surface area contributed by atoms with Gasteiger partial charge >= 0.3 is 5.69 Å². The summed E-state index contributed by atoms with van der Waals surface area (Å²) in [5, 5.41) is 24.9. The maximum Gasteiger partial charge on any atom is 0.312 e. The van der Waals surface area contributed by atoms with Crippen molar-refractivity contribution in [3.63, 3.8) is 0 Å². The highest BCUT2D eigenvalue weighted by Crippen LogP contribution is 2.45. The molecule has 0 aromatic heterocycles. The maximum atomic E-state index is 12.9. The number of fused-ring (bicyclic) bond motifs is 1. The van der Waals surface area contributed by atoms with Crippen molar-refractivity contribution in [3.05, 3.63) is 62.7 Å². The minimum Gasteiger partial charge on any atom is -0.502 e. The molecule has 1 aliphatic heterocycles. The van der Waals surface area contributed by atoms with E-state index in [9.17, 15) is 20.0 Å². The van der Waals surface area contributed by atoms with Crippen LogP contribution >= 0.6 is 11.6 Å². The van der Waals surface area contributed by atoms with Crippen LogP contribution in [-0.4, -0.2) is 26.9 Å². The number of nitrogens with one attached hydrogen (secondary N) is 1. The van der Waals surface area contributed by atoms with Gasteiger partial charge in [0, 0.05) is 28.4 Å². The summed E-state index contributed by atoms with van der Waals surface area (Å²) in [7, 11) is 0. The predicted molar refractivity (Wildman–Crippen MR) is 91.8 cm³/mol. The zero-order valence-corrected chi connectivity index (χ0v) is 13.7. The van der Waals surface area contributed by atoms with E-state index in [1.807, 2.05) is 0 Å². The Hall–Kier alpha value is -2.80. The molecule has 2 N–H and O–H groups in total. The van der Waals surface area contributed by atoms with Crippen molar-refractivity contribution >= 4 is 28.9 Å². The van der Waals surface area contributed by atoms with E-state index in [0.717, 1.165) is 18.9 Å². The number of nitro benzene ring substituents is 1. The summed E-state index contributed by atoms with van der Waals surface area (Å²) in [5.74, 6) is -0.645. The van der Waals surface area contributed by atoms with Gasteiger partial charge in [-0.1, -0.05) is 23.7 Å². The topological polar surface area (TPSA) is 95.7 Å². The van der Waals surface area contributed by atoms with E-state index in [2.05, 4.69) is 5.32 Å². The summed E-state index contributed by atoms with van der Waals surface area (Å²) in [5.41, 5.74) is 0.901. The van der Waals surface area contributed by atoms with E-state index in [4.69, 9.17) is 11.6 Å². The summed E-state index contributed by atoms with van der Waals surface area (Å²) in [6.07, 6.45) is 0.998. The second kappa shape index (κ2) is 5.63. The molecule has 0 unspecified atom stereocenters. The summed E-state index contributed by atoms with van der Waals surface area (Å²) in [4.78, 5) is 25.1. The molecule has 8 heteroatoms. The van der Waals surface area contributed by atoms with Gasteiger partial charge in [0.1, 0.15) is 6.17 Å². The van der Waals surface area contributed by atoms with Gasteiger partial charge in [-0.15, -0.1) is 0 Å². The first kappa shape index (κ1) is 15.7. The van der Waals surface area contributed by atoms with Crippen LogP contribution in [0.15, 0.2) is 36.4 Å². The Bertz CT molecular complexity index is 897. The second-order valence-electron chi connectivity index (χ2n) is 6.16. The average Bonchev–Trinajstić information content (AvgIpc) is 3.41. The molecular weight excluding hydrogens is 346 g/mol. The molecule has 1 heterocycles. The molecule has 4 rings (SSSR count). The number of nitro groups is 1. The molecule has 7 nitrogen and oxygen atoms in total. The normalized spacial score (nSPS) is 19.3. The lowest BCUT2D eigenvalue weighted by Gasteiger charge is -2.38. The molecule has 1 atom stereocenters. The van der Waals surface area contributed by atoms with Gasteiger partial charge < -0.3 is 15.3 Å². The minimum absolute atomic E-state index is 0.0378. The summed E-state index contributed by atoms with van der Waals surface area (Å²) >= 11 is 6.02. The number of phenolic OH excluding ortho intramolecular Hbond substituents is 1. The lowest BCUT2D eigenvalue weighted by molar-refractivity contribution is -0.386. The molecular formula is C17H14ClN3O4. The fraction of sp³-hybridized carbons (Fsp3) is 0.235. The highest BCUT2D eigenvalue weighted by Gasteiger charge is 2.43. The second-order valence-corrected chi connectivity index (χ2v) is 6.59. The van der Waals surface area contributed by atoms with Crippen LogP contribution in [-0.2, 0) is 0 Å². The molecule has 1 aliphatic carbocycles. The molecule has 2 aromatic rings. The number of halogens is 1. The Morgan fingerprint density at radius 3 is 2.68 bits per heavy atom. The molecule has 1 saturated carbocycles. The van der Waals surface area contributed by atoms with Gasteiger partial charge in [-0.2, -0.15) is 0 Å². The number of hydrogen-bond donors (Lipinski definition) is 2. The molecule has 0 saturated heterocycles. The van der Waals surface area contributed by atoms with Gasteiger partial charge in [0.2, 0.25) is 5.75 Å². The number of anilines is 1. The fourth-order valence-corrected chi connectivity index (χ4v) is 3.40. The van der Waals surface area contributed by atoms with E-state index >= 15 is 0 Å². The van der Waals surface area contributed by atoms with Gasteiger partial charge in [0.15, 0.2) is 0 Å². The van der Waals surface area contributed by atoms with E-state index in [0.29, 0.717) is 11.3 Å².